The van der Waals surface area contributed by atoms with E-state index in [2.05, 4.69) is 15.5 Å². The molecule has 0 bridgehead atoms. The van der Waals surface area contributed by atoms with E-state index >= 15 is 0 Å². The molecule has 34 heavy (non-hydrogen) atoms. The van der Waals surface area contributed by atoms with Crippen LogP contribution in [0.4, 0.5) is 5.88 Å². The van der Waals surface area contributed by atoms with Gasteiger partial charge >= 0.3 is 5.97 Å². The van der Waals surface area contributed by atoms with E-state index in [4.69, 9.17) is 13.7 Å². The van der Waals surface area contributed by atoms with Crippen molar-refractivity contribution in [2.75, 3.05) is 18.2 Å². The van der Waals surface area contributed by atoms with Crippen molar-refractivity contribution >= 4 is 40.4 Å². The number of furan rings is 1. The van der Waals surface area contributed by atoms with Gasteiger partial charge in [-0.2, -0.15) is 0 Å². The summed E-state index contributed by atoms with van der Waals surface area (Å²) in [5, 5.41) is 7.19. The van der Waals surface area contributed by atoms with Crippen LogP contribution in [0, 0.1) is 0 Å². The summed E-state index contributed by atoms with van der Waals surface area (Å²) >= 11 is 1.08. The summed E-state index contributed by atoms with van der Waals surface area (Å²) in [6.45, 7) is 4.07. The number of esters is 1. The largest absolute Gasteiger partial charge is 0.467 e. The first-order valence-electron chi connectivity index (χ1n) is 10.4. The monoisotopic (exact) mass is 482 g/mol. The average Bonchev–Trinajstić information content (AvgIpc) is 3.51. The molecule has 1 amide bonds. The number of anilines is 1. The topological polar surface area (TPSA) is 129 Å². The fraction of sp³-hybridized carbons (Fsp3) is 0.261. The Morgan fingerprint density at radius 2 is 2.06 bits per heavy atom. The first-order chi connectivity index (χ1) is 16.4. The van der Waals surface area contributed by atoms with Crippen LogP contribution >= 0.6 is 11.8 Å². The van der Waals surface area contributed by atoms with Gasteiger partial charge in [0.15, 0.2) is 5.16 Å². The molecule has 1 N–H and O–H groups in total. The summed E-state index contributed by atoms with van der Waals surface area (Å²) < 4.78 is 16.7. The summed E-state index contributed by atoms with van der Waals surface area (Å²) in [5.74, 6) is 0.0462. The maximum atomic E-state index is 13.3. The van der Waals surface area contributed by atoms with Crippen LogP contribution in [-0.2, 0) is 16.1 Å². The SMILES string of the molecule is COC(=O)c1ccc2c(=O)n(Cc3ccco3)c(SCC(=O)Nc3cc(C(C)C)no3)nc2c1. The van der Waals surface area contributed by atoms with E-state index in [1.54, 1.807) is 18.2 Å². The highest BCUT2D eigenvalue weighted by Gasteiger charge is 2.17. The Balaban J connectivity index is 1.63. The van der Waals surface area contributed by atoms with Crippen molar-refractivity contribution in [2.45, 2.75) is 31.5 Å². The molecule has 3 heterocycles. The number of nitrogens with one attached hydrogen (secondary N) is 1. The molecule has 0 atom stereocenters. The van der Waals surface area contributed by atoms with Gasteiger partial charge in [0.1, 0.15) is 5.76 Å². The number of benzene rings is 1. The molecule has 0 fully saturated rings. The number of amides is 1. The maximum Gasteiger partial charge on any atom is 0.337 e. The number of rotatable bonds is 8. The van der Waals surface area contributed by atoms with E-state index in [-0.39, 0.29) is 41.1 Å². The Bertz CT molecular complexity index is 1390. The average molecular weight is 483 g/mol. The molecule has 10 nitrogen and oxygen atoms in total. The first-order valence-corrected chi connectivity index (χ1v) is 11.4. The normalized spacial score (nSPS) is 11.2. The summed E-state index contributed by atoms with van der Waals surface area (Å²) in [7, 11) is 1.28. The van der Waals surface area contributed by atoms with Gasteiger partial charge in [0, 0.05) is 6.07 Å². The number of hydrogen-bond donors (Lipinski definition) is 1. The highest BCUT2D eigenvalue weighted by molar-refractivity contribution is 7.99. The van der Waals surface area contributed by atoms with Crippen molar-refractivity contribution in [3.8, 4) is 0 Å². The van der Waals surface area contributed by atoms with Gasteiger partial charge in [-0.3, -0.25) is 19.5 Å². The number of aromatic nitrogens is 3. The van der Waals surface area contributed by atoms with E-state index in [1.165, 1.54) is 36.1 Å². The third kappa shape index (κ3) is 5.04. The lowest BCUT2D eigenvalue weighted by Crippen LogP contribution is -2.25. The fourth-order valence-corrected chi connectivity index (χ4v) is 3.98. The zero-order valence-corrected chi connectivity index (χ0v) is 19.5. The Hall–Kier alpha value is -3.86. The highest BCUT2D eigenvalue weighted by atomic mass is 32.2. The van der Waals surface area contributed by atoms with Crippen LogP contribution in [0.1, 0.15) is 41.6 Å². The van der Waals surface area contributed by atoms with Crippen molar-refractivity contribution in [3.63, 3.8) is 0 Å². The number of carbonyl (C=O) groups excluding carboxylic acids is 2. The molecule has 0 aliphatic rings. The van der Waals surface area contributed by atoms with Gasteiger partial charge in [-0.05, 0) is 36.2 Å². The Labute approximate surface area is 198 Å². The van der Waals surface area contributed by atoms with Gasteiger partial charge in [0.25, 0.3) is 5.56 Å². The van der Waals surface area contributed by atoms with Crippen LogP contribution in [-0.4, -0.2) is 39.4 Å². The smallest absolute Gasteiger partial charge is 0.337 e. The predicted octanol–water partition coefficient (Wildman–Crippen LogP) is 3.67. The van der Waals surface area contributed by atoms with Crippen LogP contribution in [0.3, 0.4) is 0 Å². The molecule has 4 aromatic rings. The molecule has 0 saturated carbocycles. The van der Waals surface area contributed by atoms with Gasteiger partial charge in [0.2, 0.25) is 11.8 Å². The van der Waals surface area contributed by atoms with Gasteiger partial charge in [-0.1, -0.05) is 30.8 Å². The fourth-order valence-electron chi connectivity index (χ4n) is 3.18. The number of carbonyl (C=O) groups is 2. The van der Waals surface area contributed by atoms with Crippen molar-refractivity contribution in [1.29, 1.82) is 0 Å². The lowest BCUT2D eigenvalue weighted by molar-refractivity contribution is -0.113. The Kier molecular flexibility index (Phi) is 6.82. The summed E-state index contributed by atoms with van der Waals surface area (Å²) in [5.41, 5.74) is 0.999. The lowest BCUT2D eigenvalue weighted by atomic mass is 10.1. The van der Waals surface area contributed by atoms with Crippen LogP contribution in [0.15, 0.2) is 61.6 Å². The summed E-state index contributed by atoms with van der Waals surface area (Å²) in [6, 6.07) is 9.67. The molecule has 0 unspecified atom stereocenters. The van der Waals surface area contributed by atoms with Crippen molar-refractivity contribution in [3.05, 3.63) is 70.0 Å². The molecular weight excluding hydrogens is 460 g/mol. The van der Waals surface area contributed by atoms with Crippen LogP contribution < -0.4 is 10.9 Å². The minimum Gasteiger partial charge on any atom is -0.467 e. The third-order valence-electron chi connectivity index (χ3n) is 4.95. The molecule has 1 aromatic carbocycles. The van der Waals surface area contributed by atoms with E-state index < -0.39 is 5.97 Å². The molecule has 0 aliphatic heterocycles. The second kappa shape index (κ2) is 9.96. The first kappa shape index (κ1) is 23.3. The number of nitrogens with zero attached hydrogens (tertiary/aromatic N) is 3. The lowest BCUT2D eigenvalue weighted by Gasteiger charge is -2.12. The highest BCUT2D eigenvalue weighted by Crippen LogP contribution is 2.22. The van der Waals surface area contributed by atoms with Gasteiger partial charge in [0.05, 0.1) is 47.8 Å². The molecule has 0 spiro atoms. The van der Waals surface area contributed by atoms with E-state index in [9.17, 15) is 14.4 Å². The van der Waals surface area contributed by atoms with Gasteiger partial charge < -0.3 is 13.7 Å². The zero-order chi connectivity index (χ0) is 24.2. The third-order valence-corrected chi connectivity index (χ3v) is 5.93. The second-order valence-corrected chi connectivity index (χ2v) is 8.64. The molecule has 176 valence electrons. The number of thioether (sulfide) groups is 1. The number of methoxy groups -OCH3 is 1. The minimum absolute atomic E-state index is 0.0372. The minimum atomic E-state index is -0.537. The van der Waals surface area contributed by atoms with Crippen molar-refractivity contribution in [1.82, 2.24) is 14.7 Å². The second-order valence-electron chi connectivity index (χ2n) is 7.70. The van der Waals surface area contributed by atoms with Crippen molar-refractivity contribution in [2.24, 2.45) is 0 Å². The Morgan fingerprint density at radius 3 is 2.74 bits per heavy atom. The van der Waals surface area contributed by atoms with E-state index in [0.29, 0.717) is 21.8 Å². The molecule has 0 radical (unpaired) electrons. The van der Waals surface area contributed by atoms with E-state index in [0.717, 1.165) is 17.5 Å². The quantitative estimate of drug-likeness (QED) is 0.227. The molecule has 0 aliphatic carbocycles. The predicted molar refractivity (Wildman–Crippen MR) is 125 cm³/mol. The molecule has 3 aromatic heterocycles. The summed E-state index contributed by atoms with van der Waals surface area (Å²) in [6.07, 6.45) is 1.51. The standard InChI is InChI=1S/C23H22N4O6S/c1-13(2)17-10-20(33-26-17)25-19(28)12-34-23-24-18-9-14(22(30)31-3)6-7-16(18)21(29)27(23)11-15-5-4-8-32-15/h4-10,13H,11-12H2,1-3H3,(H,25,28). The van der Waals surface area contributed by atoms with Gasteiger partial charge in [-0.15, -0.1) is 0 Å². The maximum absolute atomic E-state index is 13.3. The number of fused-ring (bicyclic) bond motifs is 1. The van der Waals surface area contributed by atoms with Crippen LogP contribution in [0.2, 0.25) is 0 Å². The Morgan fingerprint density at radius 1 is 1.24 bits per heavy atom. The molecule has 0 saturated heterocycles. The van der Waals surface area contributed by atoms with Crippen LogP contribution in [0.5, 0.6) is 0 Å². The van der Waals surface area contributed by atoms with Crippen LogP contribution in [0.25, 0.3) is 10.9 Å². The number of ether oxygens (including phenoxy) is 1. The molecular formula is C23H22N4O6S. The molecule has 4 rings (SSSR count). The molecule has 11 heteroatoms. The number of hydrogen-bond acceptors (Lipinski definition) is 9. The van der Waals surface area contributed by atoms with Crippen molar-refractivity contribution < 1.29 is 23.3 Å². The van der Waals surface area contributed by atoms with Gasteiger partial charge in [-0.25, -0.2) is 9.78 Å². The van der Waals surface area contributed by atoms with E-state index in [1.807, 2.05) is 13.8 Å². The zero-order valence-electron chi connectivity index (χ0n) is 18.7. The summed E-state index contributed by atoms with van der Waals surface area (Å²) in [4.78, 5) is 42.2.